The number of rotatable bonds is 6. The van der Waals surface area contributed by atoms with Crippen molar-refractivity contribution in [1.29, 1.82) is 0 Å². The maximum Gasteiger partial charge on any atom is 0.274 e. The Morgan fingerprint density at radius 2 is 1.89 bits per heavy atom. The number of hydrogen-bond donors (Lipinski definition) is 1. The summed E-state index contributed by atoms with van der Waals surface area (Å²) < 4.78 is 13.3. The molecule has 3 aromatic carbocycles. The molecule has 0 unspecified atom stereocenters. The highest BCUT2D eigenvalue weighted by Crippen LogP contribution is 2.36. The number of fused-ring (bicyclic) bond motifs is 3. The van der Waals surface area contributed by atoms with Crippen molar-refractivity contribution >= 4 is 56.6 Å². The van der Waals surface area contributed by atoms with Crippen molar-refractivity contribution < 1.29 is 14.3 Å². The van der Waals surface area contributed by atoms with Crippen LogP contribution in [0.15, 0.2) is 59.4 Å². The molecule has 5 aromatic rings. The predicted molar refractivity (Wildman–Crippen MR) is 144 cm³/mol. The zero-order valence-corrected chi connectivity index (χ0v) is 21.4. The van der Waals surface area contributed by atoms with Gasteiger partial charge in [-0.15, -0.1) is 0 Å². The molecule has 7 nitrogen and oxygen atoms in total. The maximum atomic E-state index is 13.2. The van der Waals surface area contributed by atoms with Gasteiger partial charge in [-0.25, -0.2) is 9.38 Å². The highest BCUT2D eigenvalue weighted by Gasteiger charge is 2.16. The summed E-state index contributed by atoms with van der Waals surface area (Å²) in [4.78, 5) is 30.7. The lowest BCUT2D eigenvalue weighted by Gasteiger charge is -2.13. The molecule has 0 radical (unpaired) electrons. The van der Waals surface area contributed by atoms with Crippen molar-refractivity contribution in [2.75, 3.05) is 19.0 Å². The van der Waals surface area contributed by atoms with E-state index in [9.17, 15) is 9.59 Å². The molecule has 0 aliphatic heterocycles. The van der Waals surface area contributed by atoms with E-state index < -0.39 is 0 Å². The lowest BCUT2D eigenvalue weighted by Crippen LogP contribution is -2.22. The van der Waals surface area contributed by atoms with Crippen LogP contribution in [0, 0.1) is 13.8 Å². The molecule has 0 saturated carbocycles. The van der Waals surface area contributed by atoms with E-state index in [1.54, 1.807) is 34.7 Å². The highest BCUT2D eigenvalue weighted by atomic mass is 35.5. The van der Waals surface area contributed by atoms with Gasteiger partial charge in [-0.05, 0) is 73.0 Å². The summed E-state index contributed by atoms with van der Waals surface area (Å²) in [7, 11) is 1.49. The van der Waals surface area contributed by atoms with E-state index in [0.717, 1.165) is 22.2 Å². The average molecular weight is 520 g/mol. The minimum atomic E-state index is -0.328. The van der Waals surface area contributed by atoms with Crippen LogP contribution in [0.5, 0.6) is 11.5 Å². The number of carbonyl (C=O) groups is 1. The zero-order valence-electron chi connectivity index (χ0n) is 19.8. The minimum absolute atomic E-state index is 0.145. The van der Waals surface area contributed by atoms with Gasteiger partial charge in [0.15, 0.2) is 23.1 Å². The van der Waals surface area contributed by atoms with Crippen molar-refractivity contribution in [3.63, 3.8) is 0 Å². The van der Waals surface area contributed by atoms with Gasteiger partial charge in [0, 0.05) is 5.69 Å². The van der Waals surface area contributed by atoms with Crippen molar-refractivity contribution in [2.45, 2.75) is 13.8 Å². The quantitative estimate of drug-likeness (QED) is 0.350. The monoisotopic (exact) mass is 519 g/mol. The third kappa shape index (κ3) is 4.53. The van der Waals surface area contributed by atoms with Crippen molar-refractivity contribution in [3.05, 3.63) is 91.2 Å². The van der Waals surface area contributed by atoms with E-state index >= 15 is 0 Å². The molecule has 0 aliphatic rings. The number of anilines is 1. The van der Waals surface area contributed by atoms with E-state index in [2.05, 4.69) is 10.3 Å². The van der Waals surface area contributed by atoms with Gasteiger partial charge in [0.05, 0.1) is 27.7 Å². The molecule has 1 amide bonds. The number of halogens is 1. The number of carbonyl (C=O) groups excluding carboxylic acids is 1. The average Bonchev–Trinajstić information content (AvgIpc) is 3.34. The van der Waals surface area contributed by atoms with Gasteiger partial charge in [-0.1, -0.05) is 41.1 Å². The second-order valence-electron chi connectivity index (χ2n) is 8.31. The summed E-state index contributed by atoms with van der Waals surface area (Å²) in [6.45, 7) is 3.80. The van der Waals surface area contributed by atoms with Gasteiger partial charge in [0.1, 0.15) is 0 Å². The fourth-order valence-electron chi connectivity index (χ4n) is 3.89. The molecular weight excluding hydrogens is 498 g/mol. The van der Waals surface area contributed by atoms with Crippen molar-refractivity contribution in [1.82, 2.24) is 9.38 Å². The van der Waals surface area contributed by atoms with Gasteiger partial charge in [0.25, 0.3) is 11.5 Å². The van der Waals surface area contributed by atoms with Crippen LogP contribution in [0.25, 0.3) is 22.1 Å². The van der Waals surface area contributed by atoms with E-state index in [1.807, 2.05) is 44.2 Å². The standard InChI is InChI=1S/C27H22ClN3O4S/c1-15-9-20-21(10-16(15)2)31-26(33)23(36-27(31)30-20)13-17-11-19(28)25(22(12-17)34-3)35-14-24(32)29-18-7-5-4-6-8-18/h4-13H,14H2,1-3H3,(H,29,32)/b23-13-. The molecule has 5 rings (SSSR count). The summed E-state index contributed by atoms with van der Waals surface area (Å²) >= 11 is 7.79. The number of nitrogens with one attached hydrogen (secondary N) is 1. The van der Waals surface area contributed by atoms with Crippen LogP contribution in [0.4, 0.5) is 5.69 Å². The Bertz CT molecular complexity index is 1730. The second kappa shape index (κ2) is 9.64. The number of benzene rings is 3. The molecule has 0 aliphatic carbocycles. The molecule has 0 spiro atoms. The first-order valence-electron chi connectivity index (χ1n) is 11.1. The van der Waals surface area contributed by atoms with E-state index in [-0.39, 0.29) is 28.8 Å². The maximum absolute atomic E-state index is 13.2. The topological polar surface area (TPSA) is 81.9 Å². The number of amides is 1. The first-order chi connectivity index (χ1) is 17.3. The van der Waals surface area contributed by atoms with Crippen LogP contribution >= 0.6 is 22.9 Å². The summed E-state index contributed by atoms with van der Waals surface area (Å²) in [5.74, 6) is 0.275. The fourth-order valence-corrected chi connectivity index (χ4v) is 5.15. The number of methoxy groups -OCH3 is 1. The van der Waals surface area contributed by atoms with Crippen LogP contribution in [-0.4, -0.2) is 29.0 Å². The number of thiazole rings is 1. The lowest BCUT2D eigenvalue weighted by molar-refractivity contribution is -0.118. The normalized spacial score (nSPS) is 11.8. The lowest BCUT2D eigenvalue weighted by atomic mass is 10.1. The summed E-state index contributed by atoms with van der Waals surface area (Å²) in [6.07, 6.45) is 1.74. The number of para-hydroxylation sites is 1. The van der Waals surface area contributed by atoms with Gasteiger partial charge in [-0.2, -0.15) is 0 Å². The van der Waals surface area contributed by atoms with Crippen LogP contribution in [0.1, 0.15) is 16.7 Å². The smallest absolute Gasteiger partial charge is 0.274 e. The Morgan fingerprint density at radius 1 is 1.14 bits per heavy atom. The Labute approximate surface area is 215 Å². The molecule has 1 N–H and O–H groups in total. The third-order valence-corrected chi connectivity index (χ3v) is 7.06. The Kier molecular flexibility index (Phi) is 6.38. The molecule has 182 valence electrons. The molecule has 0 fully saturated rings. The molecule has 2 heterocycles. The zero-order chi connectivity index (χ0) is 25.4. The summed E-state index contributed by atoms with van der Waals surface area (Å²) in [5.41, 5.74) is 5.02. The number of hydrogen-bond acceptors (Lipinski definition) is 6. The van der Waals surface area contributed by atoms with Crippen molar-refractivity contribution in [2.24, 2.45) is 0 Å². The van der Waals surface area contributed by atoms with Gasteiger partial charge in [0.2, 0.25) is 0 Å². The Balaban J connectivity index is 1.44. The van der Waals surface area contributed by atoms with Crippen LogP contribution in [0.3, 0.4) is 0 Å². The van der Waals surface area contributed by atoms with Crippen LogP contribution < -0.4 is 24.9 Å². The van der Waals surface area contributed by atoms with E-state index in [4.69, 9.17) is 21.1 Å². The van der Waals surface area contributed by atoms with E-state index in [0.29, 0.717) is 26.5 Å². The summed E-state index contributed by atoms with van der Waals surface area (Å²) in [6, 6.07) is 16.5. The molecule has 0 saturated heterocycles. The van der Waals surface area contributed by atoms with Gasteiger partial charge < -0.3 is 14.8 Å². The van der Waals surface area contributed by atoms with E-state index in [1.165, 1.54) is 18.4 Å². The van der Waals surface area contributed by atoms with Crippen LogP contribution in [-0.2, 0) is 4.79 Å². The first kappa shape index (κ1) is 23.8. The largest absolute Gasteiger partial charge is 0.493 e. The molecular formula is C27H22ClN3O4S. The number of aromatic nitrogens is 2. The first-order valence-corrected chi connectivity index (χ1v) is 12.3. The highest BCUT2D eigenvalue weighted by molar-refractivity contribution is 7.15. The Morgan fingerprint density at radius 3 is 2.64 bits per heavy atom. The summed E-state index contributed by atoms with van der Waals surface area (Å²) in [5, 5.41) is 3.02. The number of aryl methyl sites for hydroxylation is 2. The molecule has 9 heteroatoms. The third-order valence-electron chi connectivity index (χ3n) is 5.81. The number of imidazole rings is 1. The van der Waals surface area contributed by atoms with Crippen molar-refractivity contribution in [3.8, 4) is 11.5 Å². The molecule has 0 atom stereocenters. The predicted octanol–water partition coefficient (Wildman–Crippen LogP) is 4.75. The van der Waals surface area contributed by atoms with Crippen LogP contribution in [0.2, 0.25) is 5.02 Å². The molecule has 0 bridgehead atoms. The Hall–Kier alpha value is -3.88. The number of nitrogens with zero attached hydrogens (tertiary/aromatic N) is 2. The SMILES string of the molecule is COc1cc(/C=c2\sc3nc4cc(C)c(C)cc4n3c2=O)cc(Cl)c1OCC(=O)Nc1ccccc1. The van der Waals surface area contributed by atoms with Gasteiger partial charge >= 0.3 is 0 Å². The second-order valence-corrected chi connectivity index (χ2v) is 9.72. The number of ether oxygens (including phenoxy) is 2. The minimum Gasteiger partial charge on any atom is -0.493 e. The molecule has 2 aromatic heterocycles. The fraction of sp³-hybridized carbons (Fsp3) is 0.148. The molecule has 36 heavy (non-hydrogen) atoms. The van der Waals surface area contributed by atoms with Gasteiger partial charge in [-0.3, -0.25) is 9.59 Å².